The fourth-order valence-corrected chi connectivity index (χ4v) is 2.58. The average Bonchev–Trinajstić information content (AvgIpc) is 2.78. The van der Waals surface area contributed by atoms with Crippen molar-refractivity contribution in [2.45, 2.75) is 26.7 Å². The van der Waals surface area contributed by atoms with Crippen LogP contribution >= 0.6 is 0 Å². The van der Waals surface area contributed by atoms with E-state index in [1.165, 1.54) is 0 Å². The number of morpholine rings is 1. The van der Waals surface area contributed by atoms with E-state index >= 15 is 0 Å². The minimum absolute atomic E-state index is 0.743. The van der Waals surface area contributed by atoms with Gasteiger partial charge < -0.3 is 14.2 Å². The lowest BCUT2D eigenvalue weighted by Gasteiger charge is -2.26. The van der Waals surface area contributed by atoms with Crippen LogP contribution in [-0.4, -0.2) is 45.8 Å². The second-order valence-corrected chi connectivity index (χ2v) is 5.22. The number of anilines is 1. The van der Waals surface area contributed by atoms with Gasteiger partial charge in [-0.05, 0) is 13.3 Å². The average molecular weight is 275 g/mol. The predicted octanol–water partition coefficient (Wildman–Crippen LogP) is 1.46. The van der Waals surface area contributed by atoms with Gasteiger partial charge in [-0.15, -0.1) is 0 Å². The molecule has 0 atom stereocenters. The molecule has 0 aliphatic carbocycles. The normalized spacial score (nSPS) is 16.1. The van der Waals surface area contributed by atoms with E-state index in [4.69, 9.17) is 9.72 Å². The maximum atomic E-state index is 5.38. The summed E-state index contributed by atoms with van der Waals surface area (Å²) in [6.07, 6.45) is 2.05. The third-order valence-corrected chi connectivity index (χ3v) is 3.74. The third kappa shape index (κ3) is 2.24. The van der Waals surface area contributed by atoms with Gasteiger partial charge >= 0.3 is 0 Å². The maximum Gasteiger partial charge on any atom is 0.227 e. The standard InChI is InChI=1S/C14H21N5O/c1-4-5-11-16-12-10(2)15-14(17-13(12)18(11)3)19-6-8-20-9-7-19/h4-9H2,1-3H3. The highest BCUT2D eigenvalue weighted by Crippen LogP contribution is 2.20. The lowest BCUT2D eigenvalue weighted by molar-refractivity contribution is 0.122. The van der Waals surface area contributed by atoms with Crippen molar-refractivity contribution in [2.24, 2.45) is 7.05 Å². The van der Waals surface area contributed by atoms with Crippen LogP contribution in [0.3, 0.4) is 0 Å². The van der Waals surface area contributed by atoms with E-state index in [0.29, 0.717) is 0 Å². The van der Waals surface area contributed by atoms with Crippen LogP contribution in [-0.2, 0) is 18.2 Å². The predicted molar refractivity (Wildman–Crippen MR) is 78.1 cm³/mol. The van der Waals surface area contributed by atoms with Crippen molar-refractivity contribution in [3.8, 4) is 0 Å². The van der Waals surface area contributed by atoms with Crippen molar-refractivity contribution in [3.63, 3.8) is 0 Å². The van der Waals surface area contributed by atoms with E-state index in [2.05, 4.69) is 26.4 Å². The van der Waals surface area contributed by atoms with Crippen LogP contribution in [0.15, 0.2) is 0 Å². The lowest BCUT2D eigenvalue weighted by atomic mass is 10.3. The number of aromatic nitrogens is 4. The number of nitrogens with zero attached hydrogens (tertiary/aromatic N) is 5. The van der Waals surface area contributed by atoms with Gasteiger partial charge in [-0.1, -0.05) is 6.92 Å². The molecule has 0 unspecified atom stereocenters. The van der Waals surface area contributed by atoms with Gasteiger partial charge in [-0.2, -0.15) is 4.98 Å². The Morgan fingerprint density at radius 3 is 2.60 bits per heavy atom. The van der Waals surface area contributed by atoms with Gasteiger partial charge in [0.15, 0.2) is 5.65 Å². The molecule has 0 saturated carbocycles. The lowest BCUT2D eigenvalue weighted by Crippen LogP contribution is -2.37. The van der Waals surface area contributed by atoms with Gasteiger partial charge in [0, 0.05) is 26.6 Å². The first-order chi connectivity index (χ1) is 9.70. The second kappa shape index (κ2) is 5.36. The molecule has 1 saturated heterocycles. The summed E-state index contributed by atoms with van der Waals surface area (Å²) in [5, 5.41) is 0. The molecule has 0 spiro atoms. The zero-order chi connectivity index (χ0) is 14.1. The largest absolute Gasteiger partial charge is 0.378 e. The topological polar surface area (TPSA) is 56.1 Å². The molecule has 2 aromatic heterocycles. The third-order valence-electron chi connectivity index (χ3n) is 3.74. The van der Waals surface area contributed by atoms with Gasteiger partial charge in [0.2, 0.25) is 5.95 Å². The van der Waals surface area contributed by atoms with E-state index in [0.717, 1.165) is 67.8 Å². The highest BCUT2D eigenvalue weighted by molar-refractivity contribution is 5.75. The Morgan fingerprint density at radius 2 is 1.90 bits per heavy atom. The van der Waals surface area contributed by atoms with E-state index in [9.17, 15) is 0 Å². The fraction of sp³-hybridized carbons (Fsp3) is 0.643. The van der Waals surface area contributed by atoms with Gasteiger partial charge in [0.1, 0.15) is 11.3 Å². The van der Waals surface area contributed by atoms with Crippen LogP contribution < -0.4 is 4.90 Å². The Bertz CT molecular complexity index is 616. The molecule has 3 rings (SSSR count). The minimum atomic E-state index is 0.743. The van der Waals surface area contributed by atoms with E-state index in [1.54, 1.807) is 0 Å². The Balaban J connectivity index is 2.05. The zero-order valence-electron chi connectivity index (χ0n) is 12.4. The molecule has 0 N–H and O–H groups in total. The first-order valence-corrected chi connectivity index (χ1v) is 7.23. The monoisotopic (exact) mass is 275 g/mol. The van der Waals surface area contributed by atoms with Gasteiger partial charge in [-0.3, -0.25) is 0 Å². The molecular formula is C14H21N5O. The quantitative estimate of drug-likeness (QED) is 0.849. The molecule has 1 aliphatic rings. The van der Waals surface area contributed by atoms with Crippen molar-refractivity contribution in [3.05, 3.63) is 11.5 Å². The van der Waals surface area contributed by atoms with E-state index < -0.39 is 0 Å². The molecule has 6 heteroatoms. The number of aryl methyl sites for hydroxylation is 3. The number of imidazole rings is 1. The van der Waals surface area contributed by atoms with Gasteiger partial charge in [0.05, 0.1) is 18.9 Å². The number of rotatable bonds is 3. The minimum Gasteiger partial charge on any atom is -0.378 e. The fourth-order valence-electron chi connectivity index (χ4n) is 2.58. The maximum absolute atomic E-state index is 5.38. The number of hydrogen-bond acceptors (Lipinski definition) is 5. The van der Waals surface area contributed by atoms with Crippen LogP contribution in [0.1, 0.15) is 24.9 Å². The Labute approximate surface area is 118 Å². The van der Waals surface area contributed by atoms with Crippen molar-refractivity contribution in [1.29, 1.82) is 0 Å². The van der Waals surface area contributed by atoms with Crippen LogP contribution in [0, 0.1) is 6.92 Å². The van der Waals surface area contributed by atoms with E-state index in [-0.39, 0.29) is 0 Å². The van der Waals surface area contributed by atoms with Crippen molar-refractivity contribution >= 4 is 17.1 Å². The summed E-state index contributed by atoms with van der Waals surface area (Å²) in [7, 11) is 2.04. The Hall–Kier alpha value is -1.69. The summed E-state index contributed by atoms with van der Waals surface area (Å²) in [5.74, 6) is 1.88. The molecule has 1 aliphatic heterocycles. The summed E-state index contributed by atoms with van der Waals surface area (Å²) < 4.78 is 7.48. The van der Waals surface area contributed by atoms with Crippen LogP contribution in [0.4, 0.5) is 5.95 Å². The molecule has 108 valence electrons. The molecular weight excluding hydrogens is 254 g/mol. The van der Waals surface area contributed by atoms with Crippen molar-refractivity contribution in [1.82, 2.24) is 19.5 Å². The summed E-state index contributed by atoms with van der Waals surface area (Å²) in [6, 6.07) is 0. The molecule has 1 fully saturated rings. The highest BCUT2D eigenvalue weighted by Gasteiger charge is 2.18. The van der Waals surface area contributed by atoms with Crippen LogP contribution in [0.25, 0.3) is 11.2 Å². The SMILES string of the molecule is CCCc1nc2c(C)nc(N3CCOCC3)nc2n1C. The smallest absolute Gasteiger partial charge is 0.227 e. The number of fused-ring (bicyclic) bond motifs is 1. The molecule has 0 aromatic carbocycles. The summed E-state index contributed by atoms with van der Waals surface area (Å²) in [5.41, 5.74) is 2.81. The molecule has 0 amide bonds. The molecule has 6 nitrogen and oxygen atoms in total. The number of hydrogen-bond donors (Lipinski definition) is 0. The van der Waals surface area contributed by atoms with Crippen molar-refractivity contribution in [2.75, 3.05) is 31.2 Å². The highest BCUT2D eigenvalue weighted by atomic mass is 16.5. The number of ether oxygens (including phenoxy) is 1. The van der Waals surface area contributed by atoms with Crippen molar-refractivity contribution < 1.29 is 4.74 Å². The van der Waals surface area contributed by atoms with Gasteiger partial charge in [-0.25, -0.2) is 9.97 Å². The first kappa shape index (κ1) is 13.3. The second-order valence-electron chi connectivity index (χ2n) is 5.22. The summed E-state index contributed by atoms with van der Waals surface area (Å²) >= 11 is 0. The van der Waals surface area contributed by atoms with Crippen LogP contribution in [0.5, 0.6) is 0 Å². The Morgan fingerprint density at radius 1 is 1.15 bits per heavy atom. The molecule has 2 aromatic rings. The Kier molecular flexibility index (Phi) is 3.56. The van der Waals surface area contributed by atoms with E-state index in [1.807, 2.05) is 14.0 Å². The molecule has 3 heterocycles. The molecule has 0 radical (unpaired) electrons. The zero-order valence-corrected chi connectivity index (χ0v) is 12.4. The van der Waals surface area contributed by atoms with Crippen LogP contribution in [0.2, 0.25) is 0 Å². The molecule has 20 heavy (non-hydrogen) atoms. The van der Waals surface area contributed by atoms with Gasteiger partial charge in [0.25, 0.3) is 0 Å². The summed E-state index contributed by atoms with van der Waals surface area (Å²) in [6.45, 7) is 7.36. The molecule has 0 bridgehead atoms. The summed E-state index contributed by atoms with van der Waals surface area (Å²) in [4.78, 5) is 16.2. The first-order valence-electron chi connectivity index (χ1n) is 7.23.